The zero-order valence-corrected chi connectivity index (χ0v) is 46.4. The number of nitrogens with zero attached hydrogens (tertiary/aromatic N) is 1. The van der Waals surface area contributed by atoms with Crippen molar-refractivity contribution in [1.82, 2.24) is 5.32 Å². The lowest BCUT2D eigenvalue weighted by Gasteiger charge is -2.30. The molecule has 3 unspecified atom stereocenters. The molecule has 0 saturated heterocycles. The van der Waals surface area contributed by atoms with Crippen molar-refractivity contribution in [2.24, 2.45) is 0 Å². The second-order valence-electron chi connectivity index (χ2n) is 20.1. The summed E-state index contributed by atoms with van der Waals surface area (Å²) in [4.78, 5) is 39.8. The first-order chi connectivity index (χ1) is 33.4. The molecule has 1 amide bonds. The fraction of sp³-hybridized carbons (Fsp3) is 0.763. The van der Waals surface area contributed by atoms with E-state index in [9.17, 15) is 19.0 Å². The van der Waals surface area contributed by atoms with Crippen LogP contribution >= 0.6 is 7.82 Å². The number of nitrogens with one attached hydrogen (secondary N) is 1. The summed E-state index contributed by atoms with van der Waals surface area (Å²) in [6.45, 7) is 6.66. The lowest BCUT2D eigenvalue weighted by Crippen LogP contribution is -2.47. The SMILES string of the molecule is CC/C=C/C=C/C=C/CCCCCCCCCC(=O)NC(COP(=O)([O-])OCC[N+](C)(C)C)C(/C=C/CCCCCCCCCCCCC)OC(=O)CCCCCCCC/C=C/C=C/CCCCC. The van der Waals surface area contributed by atoms with E-state index in [4.69, 9.17) is 13.8 Å². The second-order valence-corrected chi connectivity index (χ2v) is 21.6. The predicted molar refractivity (Wildman–Crippen MR) is 293 cm³/mol. The van der Waals surface area contributed by atoms with E-state index >= 15 is 0 Å². The zero-order chi connectivity index (χ0) is 50.8. The van der Waals surface area contributed by atoms with Gasteiger partial charge in [-0.25, -0.2) is 0 Å². The molecule has 3 atom stereocenters. The van der Waals surface area contributed by atoms with Gasteiger partial charge in [0.15, 0.2) is 0 Å². The van der Waals surface area contributed by atoms with Crippen LogP contribution < -0.4 is 10.2 Å². The van der Waals surface area contributed by atoms with E-state index in [1.54, 1.807) is 0 Å². The number of carbonyl (C=O) groups is 2. The molecular formula is C59H107N2O7P. The molecule has 0 fully saturated rings. The van der Waals surface area contributed by atoms with Gasteiger partial charge in [-0.15, -0.1) is 0 Å². The smallest absolute Gasteiger partial charge is 0.306 e. The number of phosphoric ester groups is 1. The molecule has 0 radical (unpaired) electrons. The number of hydrogen-bond donors (Lipinski definition) is 1. The Kier molecular flexibility index (Phi) is 47.2. The number of unbranched alkanes of at least 4 members (excludes halogenated alkanes) is 27. The first-order valence-corrected chi connectivity index (χ1v) is 29.8. The molecule has 0 bridgehead atoms. The maximum Gasteiger partial charge on any atom is 0.306 e. The van der Waals surface area contributed by atoms with Gasteiger partial charge < -0.3 is 28.5 Å². The Morgan fingerprint density at radius 2 is 0.928 bits per heavy atom. The zero-order valence-electron chi connectivity index (χ0n) is 45.5. The van der Waals surface area contributed by atoms with Crippen molar-refractivity contribution in [2.45, 2.75) is 251 Å². The summed E-state index contributed by atoms with van der Waals surface area (Å²) in [5.41, 5.74) is 0. The van der Waals surface area contributed by atoms with Gasteiger partial charge >= 0.3 is 5.97 Å². The Morgan fingerprint density at radius 1 is 0.522 bits per heavy atom. The van der Waals surface area contributed by atoms with Crippen LogP contribution in [0.5, 0.6) is 0 Å². The highest BCUT2D eigenvalue weighted by Gasteiger charge is 2.27. The van der Waals surface area contributed by atoms with Gasteiger partial charge in [-0.05, 0) is 76.7 Å². The lowest BCUT2D eigenvalue weighted by molar-refractivity contribution is -0.870. The summed E-state index contributed by atoms with van der Waals surface area (Å²) >= 11 is 0. The Hall–Kier alpha value is -2.55. The molecule has 0 aromatic heterocycles. The number of ether oxygens (including phenoxy) is 1. The van der Waals surface area contributed by atoms with Crippen LogP contribution in [-0.2, 0) is 27.9 Å². The summed E-state index contributed by atoms with van der Waals surface area (Å²) in [6.07, 6.45) is 61.4. The molecule has 0 aliphatic heterocycles. The molecular weight excluding hydrogens is 880 g/mol. The monoisotopic (exact) mass is 987 g/mol. The average Bonchev–Trinajstić information content (AvgIpc) is 3.31. The molecule has 0 aliphatic carbocycles. The molecule has 69 heavy (non-hydrogen) atoms. The van der Waals surface area contributed by atoms with Crippen molar-refractivity contribution >= 4 is 19.7 Å². The van der Waals surface area contributed by atoms with E-state index in [-0.39, 0.29) is 24.9 Å². The largest absolute Gasteiger partial charge is 0.756 e. The molecule has 0 aromatic carbocycles. The fourth-order valence-electron chi connectivity index (χ4n) is 7.81. The molecule has 0 aromatic rings. The van der Waals surface area contributed by atoms with Gasteiger partial charge in [0, 0.05) is 12.8 Å². The molecule has 0 saturated carbocycles. The van der Waals surface area contributed by atoms with Crippen LogP contribution in [-0.4, -0.2) is 69.4 Å². The van der Waals surface area contributed by atoms with Crippen molar-refractivity contribution in [3.05, 3.63) is 72.9 Å². The fourth-order valence-corrected chi connectivity index (χ4v) is 8.53. The van der Waals surface area contributed by atoms with Gasteiger partial charge in [0.1, 0.15) is 19.3 Å². The number of likely N-dealkylation sites (N-methyl/N-ethyl adjacent to an activating group) is 1. The van der Waals surface area contributed by atoms with Crippen LogP contribution in [0.4, 0.5) is 0 Å². The minimum Gasteiger partial charge on any atom is -0.756 e. The van der Waals surface area contributed by atoms with Crippen LogP contribution in [0.3, 0.4) is 0 Å². The predicted octanol–water partition coefficient (Wildman–Crippen LogP) is 16.3. The third-order valence-corrected chi connectivity index (χ3v) is 13.2. The van der Waals surface area contributed by atoms with E-state index in [0.717, 1.165) is 96.3 Å². The average molecular weight is 987 g/mol. The molecule has 0 rings (SSSR count). The van der Waals surface area contributed by atoms with Crippen molar-refractivity contribution < 1.29 is 37.3 Å². The number of hydrogen-bond acceptors (Lipinski definition) is 7. The Morgan fingerprint density at radius 3 is 1.42 bits per heavy atom. The standard InChI is InChI=1S/C59H107N2O7P/c1-7-10-13-16-19-22-25-28-30-33-36-39-42-45-48-51-58(62)60-56(55-67-69(64,65)66-54-53-61(4,5)6)57(50-47-44-41-38-35-32-27-24-21-18-15-12-9-3)68-59(63)52-49-46-43-40-37-34-31-29-26-23-20-17-14-11-8-2/h10,13,16,19-20,22-23,25-26,29,47,50,56-57H,7-9,11-12,14-15,17-18,21,24,27-28,30-46,48-49,51-55H2,1-6H3,(H-,60,62,64,65)/b13-10+,19-16+,23-20+,25-22+,29-26+,50-47+. The molecule has 400 valence electrons. The van der Waals surface area contributed by atoms with E-state index in [0.29, 0.717) is 23.9 Å². The van der Waals surface area contributed by atoms with Crippen molar-refractivity contribution in [3.8, 4) is 0 Å². The maximum atomic E-state index is 13.5. The molecule has 0 heterocycles. The molecule has 10 heteroatoms. The van der Waals surface area contributed by atoms with E-state index in [1.165, 1.54) is 103 Å². The second kappa shape index (κ2) is 49.0. The highest BCUT2D eigenvalue weighted by atomic mass is 31.2. The number of rotatable bonds is 50. The third kappa shape index (κ3) is 50.2. The van der Waals surface area contributed by atoms with Crippen LogP contribution in [0.15, 0.2) is 72.9 Å². The number of phosphoric acid groups is 1. The highest BCUT2D eigenvalue weighted by molar-refractivity contribution is 7.45. The number of quaternary nitrogens is 1. The summed E-state index contributed by atoms with van der Waals surface area (Å²) in [7, 11) is 1.16. The van der Waals surface area contributed by atoms with Crippen LogP contribution in [0, 0.1) is 0 Å². The number of esters is 1. The number of carbonyl (C=O) groups excluding carboxylic acids is 2. The Bertz CT molecular complexity index is 1420. The molecule has 9 nitrogen and oxygen atoms in total. The quantitative estimate of drug-likeness (QED) is 0.0161. The Labute approximate surface area is 425 Å². The summed E-state index contributed by atoms with van der Waals surface area (Å²) < 4.78 is 30.2. The van der Waals surface area contributed by atoms with Gasteiger partial charge in [-0.1, -0.05) is 222 Å². The van der Waals surface area contributed by atoms with Gasteiger partial charge in [-0.2, -0.15) is 0 Å². The molecule has 0 spiro atoms. The summed E-state index contributed by atoms with van der Waals surface area (Å²) in [5, 5.41) is 3.01. The van der Waals surface area contributed by atoms with Gasteiger partial charge in [0.25, 0.3) is 7.82 Å². The first-order valence-electron chi connectivity index (χ1n) is 28.3. The normalized spacial score (nSPS) is 14.4. The number of amides is 1. The minimum atomic E-state index is -4.70. The summed E-state index contributed by atoms with van der Waals surface area (Å²) in [6, 6.07) is -0.901. The van der Waals surface area contributed by atoms with E-state index in [2.05, 4.69) is 86.8 Å². The van der Waals surface area contributed by atoms with Crippen molar-refractivity contribution in [3.63, 3.8) is 0 Å². The van der Waals surface area contributed by atoms with Gasteiger partial charge in [-0.3, -0.25) is 14.2 Å². The topological polar surface area (TPSA) is 114 Å². The number of allylic oxidation sites excluding steroid dienone is 11. The highest BCUT2D eigenvalue weighted by Crippen LogP contribution is 2.38. The van der Waals surface area contributed by atoms with Crippen molar-refractivity contribution in [1.29, 1.82) is 0 Å². The van der Waals surface area contributed by atoms with E-state index in [1.807, 2.05) is 33.3 Å². The third-order valence-electron chi connectivity index (χ3n) is 12.2. The van der Waals surface area contributed by atoms with Crippen LogP contribution in [0.25, 0.3) is 0 Å². The summed E-state index contributed by atoms with van der Waals surface area (Å²) in [5.74, 6) is -0.570. The van der Waals surface area contributed by atoms with Crippen LogP contribution in [0.2, 0.25) is 0 Å². The maximum absolute atomic E-state index is 13.5. The van der Waals surface area contributed by atoms with Gasteiger partial charge in [0.2, 0.25) is 5.91 Å². The molecule has 0 aliphatic rings. The van der Waals surface area contributed by atoms with Gasteiger partial charge in [0.05, 0.1) is 33.8 Å². The molecule has 1 N–H and O–H groups in total. The minimum absolute atomic E-state index is 0.0294. The van der Waals surface area contributed by atoms with Crippen LogP contribution in [0.1, 0.15) is 239 Å². The Balaban J connectivity index is 5.43. The van der Waals surface area contributed by atoms with E-state index < -0.39 is 26.6 Å². The lowest BCUT2D eigenvalue weighted by atomic mass is 10.0. The van der Waals surface area contributed by atoms with Crippen molar-refractivity contribution in [2.75, 3.05) is 40.9 Å². The first kappa shape index (κ1) is 66.5.